The van der Waals surface area contributed by atoms with E-state index in [0.717, 1.165) is 11.9 Å². The zero-order valence-corrected chi connectivity index (χ0v) is 13.3. The van der Waals surface area contributed by atoms with E-state index in [-0.39, 0.29) is 18.4 Å². The molecule has 0 radical (unpaired) electrons. The van der Waals surface area contributed by atoms with Gasteiger partial charge in [0.15, 0.2) is 0 Å². The Labute approximate surface area is 138 Å². The molecule has 0 fully saturated rings. The van der Waals surface area contributed by atoms with Crippen molar-refractivity contribution >= 4 is 28.3 Å². The number of amides is 1. The summed E-state index contributed by atoms with van der Waals surface area (Å²) < 4.78 is 0. The first kappa shape index (κ1) is 15.6. The summed E-state index contributed by atoms with van der Waals surface area (Å²) in [6, 6.07) is 7.28. The smallest absolute Gasteiger partial charge is 0.251 e. The van der Waals surface area contributed by atoms with Crippen molar-refractivity contribution < 1.29 is 9.90 Å². The molecule has 0 saturated heterocycles. The Morgan fingerprint density at radius 1 is 1.22 bits per heavy atom. The van der Waals surface area contributed by atoms with Gasteiger partial charge in [-0.3, -0.25) is 14.8 Å². The fraction of sp³-hybridized carbons (Fsp3) is 0.235. The molecule has 2 aromatic heterocycles. The first-order valence-corrected chi connectivity index (χ1v) is 8.31. The second kappa shape index (κ2) is 7.30. The van der Waals surface area contributed by atoms with E-state index in [4.69, 9.17) is 0 Å². The van der Waals surface area contributed by atoms with Crippen LogP contribution in [0.3, 0.4) is 0 Å². The van der Waals surface area contributed by atoms with Crippen LogP contribution in [0.25, 0.3) is 11.0 Å². The number of hydrogen-bond donors (Lipinski definition) is 2. The van der Waals surface area contributed by atoms with Crippen molar-refractivity contribution in [3.8, 4) is 0 Å². The number of aliphatic hydroxyl groups excluding tert-OH is 1. The highest BCUT2D eigenvalue weighted by Crippen LogP contribution is 2.13. The van der Waals surface area contributed by atoms with Crippen LogP contribution in [0, 0.1) is 5.92 Å². The third-order valence-corrected chi connectivity index (χ3v) is 4.38. The molecule has 118 valence electrons. The minimum atomic E-state index is -0.165. The second-order valence-electron chi connectivity index (χ2n) is 5.35. The summed E-state index contributed by atoms with van der Waals surface area (Å²) in [6.45, 7) is 0.475. The minimum absolute atomic E-state index is 0.00815. The van der Waals surface area contributed by atoms with E-state index in [1.807, 2.05) is 11.4 Å². The number of hydrogen-bond acceptors (Lipinski definition) is 5. The number of nitrogens with zero attached hydrogens (tertiary/aromatic N) is 2. The van der Waals surface area contributed by atoms with Crippen LogP contribution in [-0.2, 0) is 6.42 Å². The quantitative estimate of drug-likeness (QED) is 0.728. The van der Waals surface area contributed by atoms with Gasteiger partial charge in [-0.1, -0.05) is 0 Å². The van der Waals surface area contributed by atoms with Crippen LogP contribution < -0.4 is 5.32 Å². The van der Waals surface area contributed by atoms with E-state index >= 15 is 0 Å². The summed E-state index contributed by atoms with van der Waals surface area (Å²) in [5.74, 6) is -0.157. The maximum Gasteiger partial charge on any atom is 0.251 e. The summed E-state index contributed by atoms with van der Waals surface area (Å²) in [4.78, 5) is 20.7. The Balaban J connectivity index is 1.63. The van der Waals surface area contributed by atoms with Crippen LogP contribution in [0.4, 0.5) is 0 Å². The lowest BCUT2D eigenvalue weighted by atomic mass is 10.0. The van der Waals surface area contributed by atoms with Crippen LogP contribution >= 0.6 is 11.3 Å². The third kappa shape index (κ3) is 3.91. The van der Waals surface area contributed by atoms with Crippen molar-refractivity contribution in [2.24, 2.45) is 5.92 Å². The number of rotatable bonds is 6. The first-order valence-electron chi connectivity index (χ1n) is 7.37. The average Bonchev–Trinajstić information content (AvgIpc) is 3.11. The van der Waals surface area contributed by atoms with Crippen molar-refractivity contribution in [1.82, 2.24) is 15.3 Å². The van der Waals surface area contributed by atoms with Crippen molar-refractivity contribution in [3.63, 3.8) is 0 Å². The molecule has 1 amide bonds. The molecule has 6 heteroatoms. The van der Waals surface area contributed by atoms with E-state index < -0.39 is 0 Å². The van der Waals surface area contributed by atoms with Crippen molar-refractivity contribution in [2.75, 3.05) is 13.2 Å². The van der Waals surface area contributed by atoms with Gasteiger partial charge in [-0.2, -0.15) is 11.3 Å². The molecule has 5 nitrogen and oxygen atoms in total. The number of benzene rings is 1. The van der Waals surface area contributed by atoms with Crippen LogP contribution in [0.5, 0.6) is 0 Å². The normalized spacial score (nSPS) is 12.2. The Bertz CT molecular complexity index is 789. The van der Waals surface area contributed by atoms with Gasteiger partial charge in [0.25, 0.3) is 5.91 Å². The van der Waals surface area contributed by atoms with Gasteiger partial charge in [-0.25, -0.2) is 0 Å². The highest BCUT2D eigenvalue weighted by molar-refractivity contribution is 7.07. The molecule has 0 aliphatic carbocycles. The molecule has 1 atom stereocenters. The standard InChI is InChI=1S/C17H17N3O2S/c21-10-13(7-12-3-6-23-11-12)9-20-17(22)14-1-2-15-16(8-14)19-5-4-18-15/h1-6,8,11,13,21H,7,9-10H2,(H,20,22)/t13-/m0/s1. The first-order chi connectivity index (χ1) is 11.3. The van der Waals surface area contributed by atoms with E-state index in [2.05, 4.69) is 20.7 Å². The summed E-state index contributed by atoms with van der Waals surface area (Å²) in [6.07, 6.45) is 3.98. The summed E-state index contributed by atoms with van der Waals surface area (Å²) in [7, 11) is 0. The third-order valence-electron chi connectivity index (χ3n) is 3.65. The highest BCUT2D eigenvalue weighted by Gasteiger charge is 2.12. The number of thiophene rings is 1. The maximum absolute atomic E-state index is 12.3. The van der Waals surface area contributed by atoms with Gasteiger partial charge >= 0.3 is 0 Å². The topological polar surface area (TPSA) is 75.1 Å². The van der Waals surface area contributed by atoms with E-state index in [0.29, 0.717) is 17.6 Å². The molecule has 0 aliphatic rings. The molecular formula is C17H17N3O2S. The average molecular weight is 327 g/mol. The predicted octanol–water partition coefficient (Wildman–Crippen LogP) is 2.27. The molecular weight excluding hydrogens is 310 g/mol. The van der Waals surface area contributed by atoms with Crippen LogP contribution in [0.2, 0.25) is 0 Å². The number of aromatic nitrogens is 2. The Hall–Kier alpha value is -2.31. The molecule has 2 N–H and O–H groups in total. The number of fused-ring (bicyclic) bond motifs is 1. The van der Waals surface area contributed by atoms with Crippen molar-refractivity contribution in [2.45, 2.75) is 6.42 Å². The number of nitrogens with one attached hydrogen (secondary N) is 1. The van der Waals surface area contributed by atoms with Crippen molar-refractivity contribution in [1.29, 1.82) is 0 Å². The zero-order valence-electron chi connectivity index (χ0n) is 12.5. The maximum atomic E-state index is 12.3. The van der Waals surface area contributed by atoms with Gasteiger partial charge in [-0.05, 0) is 47.0 Å². The monoisotopic (exact) mass is 327 g/mol. The summed E-state index contributed by atoms with van der Waals surface area (Å²) in [5.41, 5.74) is 3.18. The van der Waals surface area contributed by atoms with Gasteiger partial charge in [0.05, 0.1) is 11.0 Å². The van der Waals surface area contributed by atoms with Gasteiger partial charge in [0.1, 0.15) is 0 Å². The molecule has 3 aromatic rings. The van der Waals surface area contributed by atoms with Crippen molar-refractivity contribution in [3.05, 3.63) is 58.5 Å². The molecule has 0 bridgehead atoms. The lowest BCUT2D eigenvalue weighted by Crippen LogP contribution is -2.31. The molecule has 3 rings (SSSR count). The lowest BCUT2D eigenvalue weighted by molar-refractivity contribution is 0.0940. The number of carbonyl (C=O) groups excluding carboxylic acids is 1. The van der Waals surface area contributed by atoms with Gasteiger partial charge < -0.3 is 10.4 Å². The largest absolute Gasteiger partial charge is 0.396 e. The van der Waals surface area contributed by atoms with E-state index in [1.165, 1.54) is 5.56 Å². The Morgan fingerprint density at radius 3 is 2.78 bits per heavy atom. The predicted molar refractivity (Wildman–Crippen MR) is 90.5 cm³/mol. The zero-order chi connectivity index (χ0) is 16.1. The van der Waals surface area contributed by atoms with Gasteiger partial charge in [0, 0.05) is 37.0 Å². The number of aliphatic hydroxyl groups is 1. The van der Waals surface area contributed by atoms with Gasteiger partial charge in [0.2, 0.25) is 0 Å². The fourth-order valence-electron chi connectivity index (χ4n) is 2.39. The summed E-state index contributed by atoms with van der Waals surface area (Å²) >= 11 is 1.63. The molecule has 2 heterocycles. The summed E-state index contributed by atoms with van der Waals surface area (Å²) in [5, 5.41) is 16.4. The van der Waals surface area contributed by atoms with E-state index in [1.54, 1.807) is 41.9 Å². The molecule has 0 unspecified atom stereocenters. The molecule has 23 heavy (non-hydrogen) atoms. The highest BCUT2D eigenvalue weighted by atomic mass is 32.1. The minimum Gasteiger partial charge on any atom is -0.396 e. The van der Waals surface area contributed by atoms with E-state index in [9.17, 15) is 9.90 Å². The number of carbonyl (C=O) groups is 1. The molecule has 0 saturated carbocycles. The SMILES string of the molecule is O=C(NC[C@@H](CO)Cc1ccsc1)c1ccc2nccnc2c1. The van der Waals surface area contributed by atoms with Crippen LogP contribution in [0.1, 0.15) is 15.9 Å². The molecule has 0 aliphatic heterocycles. The lowest BCUT2D eigenvalue weighted by Gasteiger charge is -2.14. The fourth-order valence-corrected chi connectivity index (χ4v) is 3.07. The molecule has 1 aromatic carbocycles. The Morgan fingerprint density at radius 2 is 2.04 bits per heavy atom. The second-order valence-corrected chi connectivity index (χ2v) is 6.13. The van der Waals surface area contributed by atoms with Crippen LogP contribution in [0.15, 0.2) is 47.4 Å². The van der Waals surface area contributed by atoms with Gasteiger partial charge in [-0.15, -0.1) is 0 Å². The molecule has 0 spiro atoms. The van der Waals surface area contributed by atoms with Crippen LogP contribution in [-0.4, -0.2) is 34.1 Å². The Kier molecular flexibility index (Phi) is 4.95.